The van der Waals surface area contributed by atoms with E-state index >= 15 is 0 Å². The van der Waals surface area contributed by atoms with Gasteiger partial charge < -0.3 is 4.74 Å². The van der Waals surface area contributed by atoms with Crippen LogP contribution >= 0.6 is 0 Å². The monoisotopic (exact) mass is 729 g/mol. The first-order valence-electron chi connectivity index (χ1n) is 19.2. The van der Waals surface area contributed by atoms with Crippen molar-refractivity contribution in [3.8, 4) is 23.0 Å². The third kappa shape index (κ3) is 7.02. The van der Waals surface area contributed by atoms with E-state index in [1.165, 1.54) is 28.3 Å². The van der Waals surface area contributed by atoms with E-state index in [0.29, 0.717) is 5.75 Å². The Morgan fingerprint density at radius 3 is 2.04 bits per heavy atom. The van der Waals surface area contributed by atoms with Crippen LogP contribution in [-0.4, -0.2) is 14.1 Å². The molecule has 5 aromatic carbocycles. The van der Waals surface area contributed by atoms with Crippen LogP contribution < -0.4 is 9.30 Å². The smallest absolute Gasteiger partial charge is 0.250 e. The van der Waals surface area contributed by atoms with Crippen LogP contribution in [0.4, 0.5) is 4.39 Å². The van der Waals surface area contributed by atoms with Crippen LogP contribution in [0.25, 0.3) is 44.3 Å². The van der Waals surface area contributed by atoms with Crippen molar-refractivity contribution < 1.29 is 13.7 Å². The van der Waals surface area contributed by atoms with Crippen LogP contribution in [0.1, 0.15) is 84.6 Å². The van der Waals surface area contributed by atoms with Gasteiger partial charge in [-0.15, -0.1) is 0 Å². The number of benzene rings is 5. The highest BCUT2D eigenvalue weighted by Crippen LogP contribution is 2.37. The van der Waals surface area contributed by atoms with E-state index in [4.69, 9.17) is 9.72 Å². The van der Waals surface area contributed by atoms with Gasteiger partial charge in [0.2, 0.25) is 6.33 Å². The molecule has 278 valence electrons. The van der Waals surface area contributed by atoms with Crippen LogP contribution in [0.15, 0.2) is 128 Å². The number of hydrogen-bond donors (Lipinski definition) is 0. The van der Waals surface area contributed by atoms with Gasteiger partial charge >= 0.3 is 0 Å². The van der Waals surface area contributed by atoms with Gasteiger partial charge in [-0.2, -0.15) is 4.57 Å². The topological polar surface area (TPSA) is 35.9 Å². The van der Waals surface area contributed by atoms with E-state index in [1.54, 1.807) is 6.07 Å². The van der Waals surface area contributed by atoms with Gasteiger partial charge in [0.1, 0.15) is 35.4 Å². The lowest BCUT2D eigenvalue weighted by Gasteiger charge is -2.26. The van der Waals surface area contributed by atoms with Gasteiger partial charge in [0.05, 0.1) is 11.0 Å². The Morgan fingerprint density at radius 2 is 1.31 bits per heavy atom. The number of para-hydroxylation sites is 2. The molecule has 0 saturated carbocycles. The molecule has 0 unspecified atom stereocenters. The molecule has 55 heavy (non-hydrogen) atoms. The molecule has 5 nitrogen and oxygen atoms in total. The zero-order valence-corrected chi connectivity index (χ0v) is 33.4. The van der Waals surface area contributed by atoms with Gasteiger partial charge in [0, 0.05) is 29.1 Å². The van der Waals surface area contributed by atoms with Crippen molar-refractivity contribution in [2.24, 2.45) is 0 Å². The van der Waals surface area contributed by atoms with Gasteiger partial charge in [0.15, 0.2) is 11.0 Å². The normalized spacial score (nSPS) is 12.6. The fraction of sp³-hybridized carbons (Fsp3) is 0.265. The number of nitrogens with zero attached hydrogens (tertiary/aromatic N) is 4. The number of halogens is 1. The lowest BCUT2D eigenvalue weighted by atomic mass is 9.79. The van der Waals surface area contributed by atoms with Crippen molar-refractivity contribution in [3.05, 3.63) is 156 Å². The number of aromatic nitrogens is 4. The Labute approximate surface area is 323 Å². The summed E-state index contributed by atoms with van der Waals surface area (Å²) in [6.45, 7) is 21.0. The summed E-state index contributed by atoms with van der Waals surface area (Å²) >= 11 is 0. The van der Waals surface area contributed by atoms with Gasteiger partial charge in [-0.1, -0.05) is 98.7 Å². The molecule has 0 spiro atoms. The number of rotatable bonds is 6. The minimum absolute atomic E-state index is 0.0440. The summed E-state index contributed by atoms with van der Waals surface area (Å²) < 4.78 is 27.9. The second kappa shape index (κ2) is 13.2. The van der Waals surface area contributed by atoms with Crippen LogP contribution in [0.5, 0.6) is 11.5 Å². The first kappa shape index (κ1) is 36.2. The molecule has 0 atom stereocenters. The molecule has 8 rings (SSSR count). The van der Waals surface area contributed by atoms with Crippen molar-refractivity contribution in [3.63, 3.8) is 0 Å². The van der Waals surface area contributed by atoms with E-state index in [-0.39, 0.29) is 22.1 Å². The molecular formula is C49H50FN4O+. The van der Waals surface area contributed by atoms with Crippen molar-refractivity contribution in [2.75, 3.05) is 0 Å². The Balaban J connectivity index is 1.17. The maximum absolute atomic E-state index is 14.6. The van der Waals surface area contributed by atoms with E-state index in [9.17, 15) is 4.39 Å². The highest BCUT2D eigenvalue weighted by atomic mass is 19.1. The summed E-state index contributed by atoms with van der Waals surface area (Å²) in [5.74, 6) is 1.91. The van der Waals surface area contributed by atoms with Crippen molar-refractivity contribution >= 4 is 32.8 Å². The third-order valence-electron chi connectivity index (χ3n) is 10.7. The summed E-state index contributed by atoms with van der Waals surface area (Å²) in [6, 6.07) is 39.0. The number of fused-ring (bicyclic) bond motifs is 4. The Kier molecular flexibility index (Phi) is 8.71. The average molecular weight is 730 g/mol. The summed E-state index contributed by atoms with van der Waals surface area (Å²) in [7, 11) is 0. The first-order valence-corrected chi connectivity index (χ1v) is 19.2. The number of ether oxygens (including phenoxy) is 1. The molecule has 3 heterocycles. The highest BCUT2D eigenvalue weighted by molar-refractivity contribution is 6.09. The summed E-state index contributed by atoms with van der Waals surface area (Å²) in [6.07, 6.45) is 4.05. The Bertz CT molecular complexity index is 2700. The highest BCUT2D eigenvalue weighted by Gasteiger charge is 2.24. The van der Waals surface area contributed by atoms with Crippen LogP contribution in [-0.2, 0) is 22.8 Å². The van der Waals surface area contributed by atoms with Gasteiger partial charge in [-0.3, -0.25) is 4.57 Å². The molecule has 6 heteroatoms. The second-order valence-electron chi connectivity index (χ2n) is 17.9. The molecule has 0 saturated heterocycles. The summed E-state index contributed by atoms with van der Waals surface area (Å²) in [5.41, 5.74) is 10.3. The molecule has 0 radical (unpaired) electrons. The van der Waals surface area contributed by atoms with Crippen LogP contribution in [0.3, 0.4) is 0 Å². The fourth-order valence-corrected chi connectivity index (χ4v) is 7.48. The van der Waals surface area contributed by atoms with Gasteiger partial charge in [-0.25, -0.2) is 13.9 Å². The molecular weight excluding hydrogens is 680 g/mol. The van der Waals surface area contributed by atoms with E-state index < -0.39 is 0 Å². The van der Waals surface area contributed by atoms with Crippen LogP contribution in [0.2, 0.25) is 0 Å². The van der Waals surface area contributed by atoms with E-state index in [1.807, 2.05) is 42.6 Å². The minimum atomic E-state index is -0.271. The third-order valence-corrected chi connectivity index (χ3v) is 10.7. The first-order chi connectivity index (χ1) is 26.0. The summed E-state index contributed by atoms with van der Waals surface area (Å²) in [5, 5.41) is 1.77. The lowest BCUT2D eigenvalue weighted by Crippen LogP contribution is -2.33. The SMILES string of the molecule is CC(C)(C)c1cc(C[n+]2cn(-c3cccc(Oc4ccc5c6cc(F)ccc6n(-c6cc(C(C)(C)C)ccn6)c5c4)c3)c3ccccc32)cc(C(C)(C)C)c1. The summed E-state index contributed by atoms with van der Waals surface area (Å²) in [4.78, 5) is 4.78. The number of hydrogen-bond acceptors (Lipinski definition) is 2. The standard InChI is InChI=1S/C49H50FN4O/c1-47(2,3)33-21-22-51-46(26-33)54-42-20-17-36(50)27-41(42)40-19-18-39(29-45(40)54)55-38-14-12-13-37(28-38)53-31-52(43-15-10-11-16-44(43)53)30-32-23-34(48(4,5)6)25-35(24-32)49(7,8)9/h10-29,31H,30H2,1-9H3/q+1. The maximum atomic E-state index is 14.6. The van der Waals surface area contributed by atoms with Crippen molar-refractivity contribution in [1.29, 1.82) is 0 Å². The predicted octanol–water partition coefficient (Wildman–Crippen LogP) is 12.3. The molecule has 0 fully saturated rings. The lowest BCUT2D eigenvalue weighted by molar-refractivity contribution is -0.662. The van der Waals surface area contributed by atoms with Gasteiger partial charge in [0.25, 0.3) is 0 Å². The largest absolute Gasteiger partial charge is 0.457 e. The zero-order chi connectivity index (χ0) is 38.9. The maximum Gasteiger partial charge on any atom is 0.250 e. The molecule has 0 bridgehead atoms. The van der Waals surface area contributed by atoms with E-state index in [2.05, 4.69) is 149 Å². The Hall–Kier alpha value is -5.75. The van der Waals surface area contributed by atoms with Crippen LogP contribution in [0, 0.1) is 5.82 Å². The van der Waals surface area contributed by atoms with Gasteiger partial charge in [-0.05, 0) is 105 Å². The molecule has 3 aromatic heterocycles. The average Bonchev–Trinajstić information content (AvgIpc) is 3.65. The van der Waals surface area contributed by atoms with Crippen molar-refractivity contribution in [2.45, 2.75) is 85.1 Å². The number of pyridine rings is 1. The van der Waals surface area contributed by atoms with Crippen molar-refractivity contribution in [1.82, 2.24) is 14.1 Å². The zero-order valence-electron chi connectivity index (χ0n) is 33.4. The number of imidazole rings is 1. The predicted molar refractivity (Wildman–Crippen MR) is 224 cm³/mol. The molecule has 0 amide bonds. The molecule has 0 aliphatic carbocycles. The van der Waals surface area contributed by atoms with E-state index in [0.717, 1.165) is 56.6 Å². The quantitative estimate of drug-likeness (QED) is 0.160. The molecule has 8 aromatic rings. The second-order valence-corrected chi connectivity index (χ2v) is 17.9. The minimum Gasteiger partial charge on any atom is -0.457 e. The fourth-order valence-electron chi connectivity index (χ4n) is 7.48. The Morgan fingerprint density at radius 1 is 0.600 bits per heavy atom. The molecule has 0 aliphatic rings. The molecule has 0 N–H and O–H groups in total. The molecule has 0 aliphatic heterocycles.